The molecular formula is C9H18Cl2N4. The van der Waals surface area contributed by atoms with Gasteiger partial charge in [0.15, 0.2) is 0 Å². The standard InChI is InChI=1S/C9H16N4.2ClH/c10-6-5-9-12-11-8-4-2-1-3-7-13(8)9;;/h1-7,10H2;2*1H. The highest BCUT2D eigenvalue weighted by Crippen LogP contribution is 2.14. The average molecular weight is 253 g/mol. The van der Waals surface area contributed by atoms with Crippen molar-refractivity contribution in [1.82, 2.24) is 14.8 Å². The molecule has 0 aliphatic carbocycles. The summed E-state index contributed by atoms with van der Waals surface area (Å²) in [4.78, 5) is 0. The SMILES string of the molecule is Cl.Cl.NCCc1nnc2n1CCCCC2. The Morgan fingerprint density at radius 1 is 1.13 bits per heavy atom. The Kier molecular flexibility index (Phi) is 6.89. The molecular weight excluding hydrogens is 235 g/mol. The zero-order valence-electron chi connectivity index (χ0n) is 8.69. The van der Waals surface area contributed by atoms with E-state index in [1.165, 1.54) is 19.3 Å². The van der Waals surface area contributed by atoms with Crippen molar-refractivity contribution in [2.45, 2.75) is 38.6 Å². The summed E-state index contributed by atoms with van der Waals surface area (Å²) >= 11 is 0. The topological polar surface area (TPSA) is 56.7 Å². The zero-order valence-corrected chi connectivity index (χ0v) is 10.3. The molecule has 15 heavy (non-hydrogen) atoms. The molecule has 2 N–H and O–H groups in total. The molecule has 0 saturated carbocycles. The third-order valence-electron chi connectivity index (χ3n) is 2.55. The molecule has 0 bridgehead atoms. The van der Waals surface area contributed by atoms with Crippen LogP contribution in [0.15, 0.2) is 0 Å². The minimum absolute atomic E-state index is 0. The smallest absolute Gasteiger partial charge is 0.134 e. The van der Waals surface area contributed by atoms with Crippen LogP contribution in [0.5, 0.6) is 0 Å². The number of fused-ring (bicyclic) bond motifs is 1. The summed E-state index contributed by atoms with van der Waals surface area (Å²) < 4.78 is 2.25. The molecule has 6 heteroatoms. The molecule has 1 aliphatic rings. The quantitative estimate of drug-likeness (QED) is 0.865. The van der Waals surface area contributed by atoms with Gasteiger partial charge in [-0.1, -0.05) is 6.42 Å². The molecule has 0 fully saturated rings. The number of nitrogens with two attached hydrogens (primary N) is 1. The van der Waals surface area contributed by atoms with E-state index in [1.807, 2.05) is 0 Å². The molecule has 4 nitrogen and oxygen atoms in total. The number of hydrogen-bond donors (Lipinski definition) is 1. The van der Waals surface area contributed by atoms with Crippen molar-refractivity contribution in [2.75, 3.05) is 6.54 Å². The second-order valence-electron chi connectivity index (χ2n) is 3.53. The first-order valence-corrected chi connectivity index (χ1v) is 5.03. The summed E-state index contributed by atoms with van der Waals surface area (Å²) in [6, 6.07) is 0. The Balaban J connectivity index is 0.000000980. The third-order valence-corrected chi connectivity index (χ3v) is 2.55. The van der Waals surface area contributed by atoms with Gasteiger partial charge in [0.2, 0.25) is 0 Å². The number of aromatic nitrogens is 3. The first-order valence-electron chi connectivity index (χ1n) is 5.03. The van der Waals surface area contributed by atoms with Gasteiger partial charge < -0.3 is 10.3 Å². The Hall–Kier alpha value is -0.320. The fourth-order valence-electron chi connectivity index (χ4n) is 1.86. The molecule has 1 aliphatic heterocycles. The van der Waals surface area contributed by atoms with Crippen LogP contribution in [0.1, 0.15) is 30.9 Å². The van der Waals surface area contributed by atoms with Crippen LogP contribution >= 0.6 is 24.8 Å². The monoisotopic (exact) mass is 252 g/mol. The van der Waals surface area contributed by atoms with E-state index in [4.69, 9.17) is 5.73 Å². The summed E-state index contributed by atoms with van der Waals surface area (Å²) in [6.45, 7) is 1.75. The van der Waals surface area contributed by atoms with Crippen molar-refractivity contribution < 1.29 is 0 Å². The van der Waals surface area contributed by atoms with E-state index in [1.54, 1.807) is 0 Å². The molecule has 0 atom stereocenters. The van der Waals surface area contributed by atoms with E-state index >= 15 is 0 Å². The number of aryl methyl sites for hydroxylation is 1. The van der Waals surface area contributed by atoms with Gasteiger partial charge in [-0.05, 0) is 19.4 Å². The summed E-state index contributed by atoms with van der Waals surface area (Å²) in [6.07, 6.45) is 5.75. The predicted molar refractivity (Wildman–Crippen MR) is 64.8 cm³/mol. The summed E-state index contributed by atoms with van der Waals surface area (Å²) in [5.74, 6) is 2.22. The van der Waals surface area contributed by atoms with Gasteiger partial charge in [-0.25, -0.2) is 0 Å². The minimum Gasteiger partial charge on any atom is -0.330 e. The highest BCUT2D eigenvalue weighted by Gasteiger charge is 2.13. The largest absolute Gasteiger partial charge is 0.330 e. The molecule has 0 spiro atoms. The van der Waals surface area contributed by atoms with E-state index < -0.39 is 0 Å². The van der Waals surface area contributed by atoms with Gasteiger partial charge in [-0.2, -0.15) is 0 Å². The van der Waals surface area contributed by atoms with Crippen molar-refractivity contribution in [2.24, 2.45) is 5.73 Å². The van der Waals surface area contributed by atoms with Crippen molar-refractivity contribution in [3.8, 4) is 0 Å². The van der Waals surface area contributed by atoms with Gasteiger partial charge >= 0.3 is 0 Å². The normalized spacial score (nSPS) is 14.5. The van der Waals surface area contributed by atoms with Gasteiger partial charge in [0.1, 0.15) is 11.6 Å². The van der Waals surface area contributed by atoms with Crippen LogP contribution in [0.2, 0.25) is 0 Å². The molecule has 0 saturated heterocycles. The molecule has 88 valence electrons. The predicted octanol–water partition coefficient (Wildman–Crippen LogP) is 1.35. The summed E-state index contributed by atoms with van der Waals surface area (Å²) in [7, 11) is 0. The Morgan fingerprint density at radius 2 is 1.93 bits per heavy atom. The van der Waals surface area contributed by atoms with Gasteiger partial charge in [0.25, 0.3) is 0 Å². The highest BCUT2D eigenvalue weighted by atomic mass is 35.5. The van der Waals surface area contributed by atoms with Crippen molar-refractivity contribution >= 4 is 24.8 Å². The molecule has 0 radical (unpaired) electrons. The van der Waals surface area contributed by atoms with Crippen LogP contribution in [0.4, 0.5) is 0 Å². The molecule has 0 aromatic carbocycles. The lowest BCUT2D eigenvalue weighted by molar-refractivity contribution is 0.604. The lowest BCUT2D eigenvalue weighted by atomic mass is 10.2. The average Bonchev–Trinajstić information content (AvgIpc) is 2.38. The van der Waals surface area contributed by atoms with Crippen molar-refractivity contribution in [3.05, 3.63) is 11.6 Å². The van der Waals surface area contributed by atoms with Crippen LogP contribution in [0, 0.1) is 0 Å². The van der Waals surface area contributed by atoms with Crippen LogP contribution in [0.25, 0.3) is 0 Å². The zero-order chi connectivity index (χ0) is 9.10. The van der Waals surface area contributed by atoms with Gasteiger partial charge in [0, 0.05) is 19.4 Å². The van der Waals surface area contributed by atoms with Crippen molar-refractivity contribution in [3.63, 3.8) is 0 Å². The second kappa shape index (κ2) is 7.04. The first kappa shape index (κ1) is 14.7. The maximum absolute atomic E-state index is 5.51. The van der Waals surface area contributed by atoms with Crippen LogP contribution in [-0.2, 0) is 19.4 Å². The van der Waals surface area contributed by atoms with E-state index in [2.05, 4.69) is 14.8 Å². The third kappa shape index (κ3) is 3.33. The van der Waals surface area contributed by atoms with Gasteiger partial charge in [0.05, 0.1) is 0 Å². The van der Waals surface area contributed by atoms with E-state index in [9.17, 15) is 0 Å². The second-order valence-corrected chi connectivity index (χ2v) is 3.53. The Morgan fingerprint density at radius 3 is 2.67 bits per heavy atom. The molecule has 0 unspecified atom stereocenters. The number of hydrogen-bond acceptors (Lipinski definition) is 3. The van der Waals surface area contributed by atoms with E-state index in [0.717, 1.165) is 31.0 Å². The van der Waals surface area contributed by atoms with E-state index in [0.29, 0.717) is 6.54 Å². The molecule has 1 aromatic heterocycles. The first-order chi connectivity index (χ1) is 6.42. The highest BCUT2D eigenvalue weighted by molar-refractivity contribution is 5.85. The summed E-state index contributed by atoms with van der Waals surface area (Å²) in [5, 5.41) is 8.35. The molecule has 0 amide bonds. The minimum atomic E-state index is 0. The van der Waals surface area contributed by atoms with E-state index in [-0.39, 0.29) is 24.8 Å². The fraction of sp³-hybridized carbons (Fsp3) is 0.778. The van der Waals surface area contributed by atoms with Crippen LogP contribution in [-0.4, -0.2) is 21.3 Å². The van der Waals surface area contributed by atoms with Crippen molar-refractivity contribution in [1.29, 1.82) is 0 Å². The Bertz CT molecular complexity index is 288. The van der Waals surface area contributed by atoms with Crippen LogP contribution < -0.4 is 5.73 Å². The number of rotatable bonds is 2. The maximum atomic E-state index is 5.51. The van der Waals surface area contributed by atoms with Gasteiger partial charge in [-0.15, -0.1) is 35.0 Å². The number of nitrogens with zero attached hydrogens (tertiary/aromatic N) is 3. The van der Waals surface area contributed by atoms with Gasteiger partial charge in [-0.3, -0.25) is 0 Å². The number of halogens is 2. The molecule has 1 aromatic rings. The Labute approximate surface area is 102 Å². The fourth-order valence-corrected chi connectivity index (χ4v) is 1.86. The molecule has 2 rings (SSSR count). The maximum Gasteiger partial charge on any atom is 0.134 e. The lowest BCUT2D eigenvalue weighted by Crippen LogP contribution is -2.11. The van der Waals surface area contributed by atoms with Crippen LogP contribution in [0.3, 0.4) is 0 Å². The lowest BCUT2D eigenvalue weighted by Gasteiger charge is -2.04. The summed E-state index contributed by atoms with van der Waals surface area (Å²) in [5.41, 5.74) is 5.51. The molecule has 2 heterocycles.